The van der Waals surface area contributed by atoms with Crippen LogP contribution in [-0.4, -0.2) is 17.4 Å². The van der Waals surface area contributed by atoms with Crippen LogP contribution in [0, 0.1) is 0 Å². The standard InChI is InChI=1S/C24H17F3N2O4S/c25-24(26,27)33-19-9-10-20-16(11-19)12-21(32-20)22(30)29-23(34)28-17-7-4-8-18(13-17)31-14-15-5-2-1-3-6-15/h1-13H,14H2,(H2,28,29,30,34). The summed E-state index contributed by atoms with van der Waals surface area (Å²) in [5, 5.41) is 5.63. The molecule has 0 atom stereocenters. The summed E-state index contributed by atoms with van der Waals surface area (Å²) >= 11 is 5.19. The lowest BCUT2D eigenvalue weighted by Gasteiger charge is -2.11. The first kappa shape index (κ1) is 23.1. The topological polar surface area (TPSA) is 72.7 Å². The molecular weight excluding hydrogens is 469 g/mol. The smallest absolute Gasteiger partial charge is 0.489 e. The molecule has 2 N–H and O–H groups in total. The molecule has 1 amide bonds. The number of alkyl halides is 3. The van der Waals surface area contributed by atoms with E-state index >= 15 is 0 Å². The SMILES string of the molecule is O=C(NC(=S)Nc1cccc(OCc2ccccc2)c1)c1cc2cc(OC(F)(F)F)ccc2o1. The monoisotopic (exact) mass is 486 g/mol. The largest absolute Gasteiger partial charge is 0.573 e. The van der Waals surface area contributed by atoms with Crippen LogP contribution in [0.25, 0.3) is 11.0 Å². The van der Waals surface area contributed by atoms with Crippen molar-refractivity contribution in [1.82, 2.24) is 5.32 Å². The predicted molar refractivity (Wildman–Crippen MR) is 124 cm³/mol. The second-order valence-electron chi connectivity index (χ2n) is 7.07. The maximum atomic E-state index is 12.5. The Morgan fingerprint density at radius 3 is 2.50 bits per heavy atom. The third-order valence-electron chi connectivity index (χ3n) is 4.51. The zero-order chi connectivity index (χ0) is 24.1. The Hall–Kier alpha value is -4.05. The number of nitrogens with one attached hydrogen (secondary N) is 2. The number of furan rings is 1. The van der Waals surface area contributed by atoms with Crippen molar-refractivity contribution in [2.45, 2.75) is 13.0 Å². The summed E-state index contributed by atoms with van der Waals surface area (Å²) in [5.74, 6) is -0.594. The zero-order valence-electron chi connectivity index (χ0n) is 17.4. The van der Waals surface area contributed by atoms with Gasteiger partial charge in [0.1, 0.15) is 23.7 Å². The summed E-state index contributed by atoms with van der Waals surface area (Å²) in [6, 6.07) is 21.5. The van der Waals surface area contributed by atoms with Gasteiger partial charge in [0.25, 0.3) is 5.91 Å². The first-order chi connectivity index (χ1) is 16.2. The van der Waals surface area contributed by atoms with Gasteiger partial charge in [0.2, 0.25) is 0 Å². The molecule has 0 fully saturated rings. The lowest BCUT2D eigenvalue weighted by Crippen LogP contribution is -2.33. The normalized spacial score (nSPS) is 11.1. The van der Waals surface area contributed by atoms with E-state index in [4.69, 9.17) is 21.4 Å². The molecule has 1 aromatic heterocycles. The summed E-state index contributed by atoms with van der Waals surface area (Å²) in [6.45, 7) is 0.396. The average molecular weight is 486 g/mol. The van der Waals surface area contributed by atoms with Gasteiger partial charge in [-0.3, -0.25) is 10.1 Å². The summed E-state index contributed by atoms with van der Waals surface area (Å²) in [6.07, 6.45) is -4.82. The summed E-state index contributed by atoms with van der Waals surface area (Å²) in [5.41, 5.74) is 1.84. The number of hydrogen-bond donors (Lipinski definition) is 2. The average Bonchev–Trinajstić information content (AvgIpc) is 3.21. The van der Waals surface area contributed by atoms with Crippen LogP contribution in [-0.2, 0) is 6.61 Å². The van der Waals surface area contributed by atoms with Crippen LogP contribution in [0.15, 0.2) is 83.3 Å². The Labute approximate surface area is 197 Å². The minimum Gasteiger partial charge on any atom is -0.489 e. The van der Waals surface area contributed by atoms with Gasteiger partial charge >= 0.3 is 6.36 Å². The molecular formula is C24H17F3N2O4S. The van der Waals surface area contributed by atoms with Crippen LogP contribution in [0.3, 0.4) is 0 Å². The Morgan fingerprint density at radius 1 is 0.941 bits per heavy atom. The number of benzene rings is 3. The molecule has 0 aliphatic carbocycles. The van der Waals surface area contributed by atoms with Gasteiger partial charge in [-0.15, -0.1) is 13.2 Å². The molecule has 1 heterocycles. The van der Waals surface area contributed by atoms with Crippen molar-refractivity contribution in [2.24, 2.45) is 0 Å². The van der Waals surface area contributed by atoms with E-state index in [-0.39, 0.29) is 21.8 Å². The number of halogens is 3. The number of carbonyl (C=O) groups excluding carboxylic acids is 1. The molecule has 10 heteroatoms. The van der Waals surface area contributed by atoms with E-state index in [2.05, 4.69) is 15.4 Å². The third-order valence-corrected chi connectivity index (χ3v) is 4.72. The lowest BCUT2D eigenvalue weighted by molar-refractivity contribution is -0.274. The molecule has 0 spiro atoms. The number of hydrogen-bond acceptors (Lipinski definition) is 5. The molecule has 0 aliphatic heterocycles. The van der Waals surface area contributed by atoms with E-state index in [1.54, 1.807) is 24.3 Å². The van der Waals surface area contributed by atoms with Crippen LogP contribution in [0.1, 0.15) is 16.1 Å². The second kappa shape index (κ2) is 9.84. The minimum absolute atomic E-state index is 0.00626. The van der Waals surface area contributed by atoms with Crippen molar-refractivity contribution in [3.05, 3.63) is 90.2 Å². The number of carbonyl (C=O) groups is 1. The Balaban J connectivity index is 1.36. The molecule has 174 valence electrons. The van der Waals surface area contributed by atoms with Gasteiger partial charge in [0, 0.05) is 17.1 Å². The highest BCUT2D eigenvalue weighted by Crippen LogP contribution is 2.28. The van der Waals surface area contributed by atoms with Gasteiger partial charge in [-0.1, -0.05) is 36.4 Å². The quantitative estimate of drug-likeness (QED) is 0.324. The molecule has 0 bridgehead atoms. The molecule has 0 aliphatic rings. The van der Waals surface area contributed by atoms with Crippen molar-refractivity contribution in [2.75, 3.05) is 5.32 Å². The highest BCUT2D eigenvalue weighted by molar-refractivity contribution is 7.80. The van der Waals surface area contributed by atoms with Gasteiger partial charge < -0.3 is 19.2 Å². The van der Waals surface area contributed by atoms with Crippen LogP contribution >= 0.6 is 12.2 Å². The van der Waals surface area contributed by atoms with Crippen LogP contribution in [0.4, 0.5) is 18.9 Å². The van der Waals surface area contributed by atoms with Crippen molar-refractivity contribution in [3.8, 4) is 11.5 Å². The zero-order valence-corrected chi connectivity index (χ0v) is 18.2. The van der Waals surface area contributed by atoms with Crippen molar-refractivity contribution >= 4 is 39.9 Å². The molecule has 4 aromatic rings. The van der Waals surface area contributed by atoms with Gasteiger partial charge in [0.15, 0.2) is 10.9 Å². The lowest BCUT2D eigenvalue weighted by atomic mass is 10.2. The van der Waals surface area contributed by atoms with E-state index in [9.17, 15) is 18.0 Å². The fourth-order valence-electron chi connectivity index (χ4n) is 3.06. The van der Waals surface area contributed by atoms with Crippen LogP contribution in [0.2, 0.25) is 0 Å². The molecule has 0 saturated carbocycles. The van der Waals surface area contributed by atoms with E-state index in [0.717, 1.165) is 17.7 Å². The number of ether oxygens (including phenoxy) is 2. The molecule has 4 rings (SSSR count). The van der Waals surface area contributed by atoms with Gasteiger partial charge in [-0.05, 0) is 54.2 Å². The van der Waals surface area contributed by atoms with Crippen LogP contribution < -0.4 is 20.1 Å². The van der Waals surface area contributed by atoms with Crippen LogP contribution in [0.5, 0.6) is 11.5 Å². The maximum Gasteiger partial charge on any atom is 0.573 e. The molecule has 3 aromatic carbocycles. The minimum atomic E-state index is -4.82. The highest BCUT2D eigenvalue weighted by atomic mass is 32.1. The number of thiocarbonyl (C=S) groups is 1. The fraction of sp³-hybridized carbons (Fsp3) is 0.0833. The first-order valence-corrected chi connectivity index (χ1v) is 10.3. The number of rotatable bonds is 6. The maximum absolute atomic E-state index is 12.5. The molecule has 6 nitrogen and oxygen atoms in total. The van der Waals surface area contributed by atoms with E-state index in [0.29, 0.717) is 18.0 Å². The number of amides is 1. The van der Waals surface area contributed by atoms with Crippen molar-refractivity contribution in [3.63, 3.8) is 0 Å². The summed E-state index contributed by atoms with van der Waals surface area (Å²) in [7, 11) is 0. The highest BCUT2D eigenvalue weighted by Gasteiger charge is 2.31. The van der Waals surface area contributed by atoms with E-state index < -0.39 is 18.0 Å². The Kier molecular flexibility index (Phi) is 6.69. The number of fused-ring (bicyclic) bond motifs is 1. The van der Waals surface area contributed by atoms with E-state index in [1.807, 2.05) is 30.3 Å². The van der Waals surface area contributed by atoms with E-state index in [1.165, 1.54) is 12.1 Å². The molecule has 0 radical (unpaired) electrons. The predicted octanol–water partition coefficient (Wildman–Crippen LogP) is 6.04. The number of anilines is 1. The third kappa shape index (κ3) is 6.26. The molecule has 34 heavy (non-hydrogen) atoms. The van der Waals surface area contributed by atoms with Gasteiger partial charge in [0.05, 0.1) is 0 Å². The Bertz CT molecular complexity index is 1320. The summed E-state index contributed by atoms with van der Waals surface area (Å²) < 4.78 is 52.3. The first-order valence-electron chi connectivity index (χ1n) is 9.94. The molecule has 0 unspecified atom stereocenters. The summed E-state index contributed by atoms with van der Waals surface area (Å²) in [4.78, 5) is 12.5. The fourth-order valence-corrected chi connectivity index (χ4v) is 3.27. The van der Waals surface area contributed by atoms with Gasteiger partial charge in [-0.25, -0.2) is 0 Å². The van der Waals surface area contributed by atoms with Crippen molar-refractivity contribution in [1.29, 1.82) is 0 Å². The van der Waals surface area contributed by atoms with Crippen molar-refractivity contribution < 1.29 is 31.9 Å². The second-order valence-corrected chi connectivity index (χ2v) is 7.48. The van der Waals surface area contributed by atoms with Gasteiger partial charge in [-0.2, -0.15) is 0 Å². The Morgan fingerprint density at radius 2 is 1.74 bits per heavy atom. The molecule has 0 saturated heterocycles.